The van der Waals surface area contributed by atoms with Gasteiger partial charge in [-0.2, -0.15) is 0 Å². The van der Waals surface area contributed by atoms with E-state index in [9.17, 15) is 8.42 Å². The highest BCUT2D eigenvalue weighted by atomic mass is 32.2. The summed E-state index contributed by atoms with van der Waals surface area (Å²) in [5.41, 5.74) is -0.00940. The minimum absolute atomic E-state index is 0.00940. The number of rotatable bonds is 2. The van der Waals surface area contributed by atoms with Crippen LogP contribution in [0.4, 0.5) is 0 Å². The van der Waals surface area contributed by atoms with E-state index in [1.807, 2.05) is 0 Å². The van der Waals surface area contributed by atoms with E-state index in [4.69, 9.17) is 4.74 Å². The zero-order valence-corrected chi connectivity index (χ0v) is 9.27. The van der Waals surface area contributed by atoms with E-state index < -0.39 is 9.84 Å². The summed E-state index contributed by atoms with van der Waals surface area (Å²) in [5, 5.41) is 3.41. The second kappa shape index (κ2) is 3.47. The summed E-state index contributed by atoms with van der Waals surface area (Å²) in [4.78, 5) is 0. The maximum absolute atomic E-state index is 11.2. The molecule has 0 amide bonds. The van der Waals surface area contributed by atoms with Crippen LogP contribution in [0.25, 0.3) is 0 Å². The first-order valence-electron chi connectivity index (χ1n) is 5.05. The number of hydrogen-bond donors (Lipinski definition) is 1. The van der Waals surface area contributed by atoms with Gasteiger partial charge in [-0.15, -0.1) is 0 Å². The van der Waals surface area contributed by atoms with Crippen molar-refractivity contribution in [2.45, 2.75) is 31.3 Å². The van der Waals surface area contributed by atoms with Crippen molar-refractivity contribution in [1.82, 2.24) is 5.32 Å². The second-order valence-electron chi connectivity index (χ2n) is 4.61. The first kappa shape index (κ1) is 10.4. The predicted molar refractivity (Wildman–Crippen MR) is 54.0 cm³/mol. The maximum Gasteiger partial charge on any atom is 0.151 e. The molecule has 0 aromatic rings. The molecule has 4 nitrogen and oxygen atoms in total. The van der Waals surface area contributed by atoms with Crippen molar-refractivity contribution < 1.29 is 13.2 Å². The Hall–Kier alpha value is -0.130. The molecular weight excluding hydrogens is 202 g/mol. The van der Waals surface area contributed by atoms with Crippen LogP contribution in [0.2, 0.25) is 0 Å². The summed E-state index contributed by atoms with van der Waals surface area (Å²) in [6, 6.07) is 0.131. The van der Waals surface area contributed by atoms with Gasteiger partial charge in [0.05, 0.1) is 18.1 Å². The first-order chi connectivity index (χ1) is 6.49. The standard InChI is InChI=1S/C9H17NO3S/c1-9(3-4-13-7-9)10-8-2-5-14(11,12)6-8/h8,10H,2-7H2,1H3. The van der Waals surface area contributed by atoms with Crippen LogP contribution in [-0.4, -0.2) is 44.7 Å². The fraction of sp³-hybridized carbons (Fsp3) is 1.00. The van der Waals surface area contributed by atoms with Crippen molar-refractivity contribution in [3.05, 3.63) is 0 Å². The summed E-state index contributed by atoms with van der Waals surface area (Å²) < 4.78 is 27.8. The molecule has 2 aliphatic heterocycles. The van der Waals surface area contributed by atoms with Crippen LogP contribution >= 0.6 is 0 Å². The average Bonchev–Trinajstić information content (AvgIpc) is 2.59. The minimum Gasteiger partial charge on any atom is -0.379 e. The van der Waals surface area contributed by atoms with Gasteiger partial charge < -0.3 is 10.1 Å². The topological polar surface area (TPSA) is 55.4 Å². The molecule has 2 saturated heterocycles. The molecule has 2 unspecified atom stereocenters. The lowest BCUT2D eigenvalue weighted by Crippen LogP contribution is -2.49. The van der Waals surface area contributed by atoms with Gasteiger partial charge in [-0.1, -0.05) is 0 Å². The van der Waals surface area contributed by atoms with Gasteiger partial charge in [0, 0.05) is 18.2 Å². The Kier molecular flexibility index (Phi) is 2.57. The van der Waals surface area contributed by atoms with Gasteiger partial charge in [-0.3, -0.25) is 0 Å². The van der Waals surface area contributed by atoms with E-state index in [2.05, 4.69) is 12.2 Å². The number of ether oxygens (including phenoxy) is 1. The van der Waals surface area contributed by atoms with Gasteiger partial charge in [0.2, 0.25) is 0 Å². The molecule has 0 aromatic carbocycles. The van der Waals surface area contributed by atoms with Gasteiger partial charge in [0.25, 0.3) is 0 Å². The summed E-state index contributed by atoms with van der Waals surface area (Å²) in [6.07, 6.45) is 1.72. The molecule has 2 rings (SSSR count). The minimum atomic E-state index is -2.77. The van der Waals surface area contributed by atoms with E-state index in [0.717, 1.165) is 19.4 Å². The van der Waals surface area contributed by atoms with Crippen molar-refractivity contribution in [3.63, 3.8) is 0 Å². The third-order valence-corrected chi connectivity index (χ3v) is 4.77. The normalized spacial score (nSPS) is 41.6. The van der Waals surface area contributed by atoms with Crippen LogP contribution in [-0.2, 0) is 14.6 Å². The summed E-state index contributed by atoms with van der Waals surface area (Å²) >= 11 is 0. The number of nitrogens with one attached hydrogen (secondary N) is 1. The Balaban J connectivity index is 1.93. The smallest absolute Gasteiger partial charge is 0.151 e. The molecule has 2 aliphatic rings. The van der Waals surface area contributed by atoms with E-state index in [0.29, 0.717) is 18.1 Å². The number of sulfone groups is 1. The highest BCUT2D eigenvalue weighted by Crippen LogP contribution is 2.21. The largest absolute Gasteiger partial charge is 0.379 e. The molecule has 2 fully saturated rings. The van der Waals surface area contributed by atoms with E-state index >= 15 is 0 Å². The fourth-order valence-electron chi connectivity index (χ4n) is 2.18. The van der Waals surface area contributed by atoms with Gasteiger partial charge in [-0.05, 0) is 19.8 Å². The van der Waals surface area contributed by atoms with E-state index in [1.165, 1.54) is 0 Å². The summed E-state index contributed by atoms with van der Waals surface area (Å²) in [6.45, 7) is 3.58. The molecule has 0 aromatic heterocycles. The van der Waals surface area contributed by atoms with Crippen LogP contribution < -0.4 is 5.32 Å². The predicted octanol–water partition coefficient (Wildman–Crippen LogP) is -0.0579. The molecule has 14 heavy (non-hydrogen) atoms. The molecule has 0 aliphatic carbocycles. The second-order valence-corrected chi connectivity index (χ2v) is 6.84. The molecule has 2 heterocycles. The average molecular weight is 219 g/mol. The SMILES string of the molecule is CC1(NC2CCS(=O)(=O)C2)CCOC1. The quantitative estimate of drug-likeness (QED) is 0.707. The molecular formula is C9H17NO3S. The molecule has 82 valence electrons. The molecule has 0 radical (unpaired) electrons. The Morgan fingerprint density at radius 3 is 2.79 bits per heavy atom. The molecule has 0 spiro atoms. The van der Waals surface area contributed by atoms with Crippen LogP contribution in [0.1, 0.15) is 19.8 Å². The van der Waals surface area contributed by atoms with Crippen LogP contribution in [0.3, 0.4) is 0 Å². The highest BCUT2D eigenvalue weighted by Gasteiger charge is 2.36. The van der Waals surface area contributed by atoms with Gasteiger partial charge >= 0.3 is 0 Å². The summed E-state index contributed by atoms with van der Waals surface area (Å²) in [5.74, 6) is 0.629. The van der Waals surface area contributed by atoms with Crippen molar-refractivity contribution in [2.24, 2.45) is 0 Å². The molecule has 2 atom stereocenters. The highest BCUT2D eigenvalue weighted by molar-refractivity contribution is 7.91. The zero-order valence-electron chi connectivity index (χ0n) is 8.45. The lowest BCUT2D eigenvalue weighted by molar-refractivity contribution is 0.168. The van der Waals surface area contributed by atoms with Crippen molar-refractivity contribution in [3.8, 4) is 0 Å². The molecule has 5 heteroatoms. The first-order valence-corrected chi connectivity index (χ1v) is 6.87. The van der Waals surface area contributed by atoms with Crippen molar-refractivity contribution in [2.75, 3.05) is 24.7 Å². The van der Waals surface area contributed by atoms with Crippen LogP contribution in [0.15, 0.2) is 0 Å². The number of hydrogen-bond acceptors (Lipinski definition) is 4. The third kappa shape index (κ3) is 2.27. The Bertz CT molecular complexity index is 306. The zero-order chi connectivity index (χ0) is 10.2. The fourth-order valence-corrected chi connectivity index (χ4v) is 3.86. The summed E-state index contributed by atoms with van der Waals surface area (Å²) in [7, 11) is -2.77. The monoisotopic (exact) mass is 219 g/mol. The molecule has 1 N–H and O–H groups in total. The van der Waals surface area contributed by atoms with Gasteiger partial charge in [0.15, 0.2) is 9.84 Å². The maximum atomic E-state index is 11.2. The molecule has 0 saturated carbocycles. The van der Waals surface area contributed by atoms with Crippen molar-refractivity contribution >= 4 is 9.84 Å². The third-order valence-electron chi connectivity index (χ3n) is 3.00. The van der Waals surface area contributed by atoms with E-state index in [1.54, 1.807) is 0 Å². The Labute approximate surface area is 84.9 Å². The van der Waals surface area contributed by atoms with Gasteiger partial charge in [-0.25, -0.2) is 8.42 Å². The Morgan fingerprint density at radius 2 is 2.29 bits per heavy atom. The van der Waals surface area contributed by atoms with Crippen LogP contribution in [0, 0.1) is 0 Å². The van der Waals surface area contributed by atoms with Crippen molar-refractivity contribution in [1.29, 1.82) is 0 Å². The van der Waals surface area contributed by atoms with Gasteiger partial charge in [0.1, 0.15) is 0 Å². The lowest BCUT2D eigenvalue weighted by Gasteiger charge is -2.27. The van der Waals surface area contributed by atoms with E-state index in [-0.39, 0.29) is 11.6 Å². The lowest BCUT2D eigenvalue weighted by atomic mass is 10.0. The molecule has 0 bridgehead atoms. The Morgan fingerprint density at radius 1 is 1.50 bits per heavy atom. The van der Waals surface area contributed by atoms with Crippen LogP contribution in [0.5, 0.6) is 0 Å².